The second kappa shape index (κ2) is 9.77. The molecule has 5 heteroatoms. The van der Waals surface area contributed by atoms with Crippen LogP contribution in [0.4, 0.5) is 0 Å². The van der Waals surface area contributed by atoms with E-state index in [2.05, 4.69) is 10.2 Å². The van der Waals surface area contributed by atoms with Gasteiger partial charge in [0.1, 0.15) is 0 Å². The fourth-order valence-corrected chi connectivity index (χ4v) is 2.58. The molecule has 2 rings (SSSR count). The van der Waals surface area contributed by atoms with Crippen molar-refractivity contribution in [2.24, 2.45) is 5.73 Å². The summed E-state index contributed by atoms with van der Waals surface area (Å²) in [6.07, 6.45) is 5.03. The Balaban J connectivity index is 0.00000220. The number of carbonyl (C=O) groups excluding carboxylic acids is 1. The number of amides is 1. The number of rotatable bonds is 6. The van der Waals surface area contributed by atoms with Gasteiger partial charge in [-0.05, 0) is 56.6 Å². The molecular weight excluding hydrogens is 286 g/mol. The van der Waals surface area contributed by atoms with E-state index in [9.17, 15) is 4.79 Å². The Labute approximate surface area is 133 Å². The third kappa shape index (κ3) is 6.04. The number of nitrogens with one attached hydrogen (secondary N) is 1. The van der Waals surface area contributed by atoms with Crippen LogP contribution in [0.15, 0.2) is 24.3 Å². The topological polar surface area (TPSA) is 58.4 Å². The first-order valence-corrected chi connectivity index (χ1v) is 7.59. The first kappa shape index (κ1) is 18.0. The number of benzene rings is 1. The van der Waals surface area contributed by atoms with Gasteiger partial charge in [-0.15, -0.1) is 12.4 Å². The lowest BCUT2D eigenvalue weighted by Crippen LogP contribution is -2.33. The first-order valence-electron chi connectivity index (χ1n) is 7.59. The van der Waals surface area contributed by atoms with E-state index in [1.807, 2.05) is 24.3 Å². The lowest BCUT2D eigenvalue weighted by Gasteiger charge is -2.26. The predicted octanol–water partition coefficient (Wildman–Crippen LogP) is 2.17. The van der Waals surface area contributed by atoms with Crippen molar-refractivity contribution in [3.8, 4) is 0 Å². The summed E-state index contributed by atoms with van der Waals surface area (Å²) in [6, 6.07) is 7.48. The molecule has 1 aromatic rings. The van der Waals surface area contributed by atoms with Crippen molar-refractivity contribution in [1.29, 1.82) is 0 Å². The van der Waals surface area contributed by atoms with Gasteiger partial charge in [0.25, 0.3) is 5.91 Å². The van der Waals surface area contributed by atoms with Crippen molar-refractivity contribution >= 4 is 18.3 Å². The third-order valence-electron chi connectivity index (χ3n) is 3.84. The third-order valence-corrected chi connectivity index (χ3v) is 3.84. The summed E-state index contributed by atoms with van der Waals surface area (Å²) in [5.41, 5.74) is 7.30. The molecule has 1 saturated heterocycles. The van der Waals surface area contributed by atoms with E-state index in [0.29, 0.717) is 12.1 Å². The van der Waals surface area contributed by atoms with Crippen LogP contribution in [0.25, 0.3) is 0 Å². The van der Waals surface area contributed by atoms with E-state index in [4.69, 9.17) is 5.73 Å². The predicted molar refractivity (Wildman–Crippen MR) is 88.8 cm³/mol. The zero-order chi connectivity index (χ0) is 14.2. The van der Waals surface area contributed by atoms with Crippen molar-refractivity contribution in [2.75, 3.05) is 26.2 Å². The van der Waals surface area contributed by atoms with E-state index in [0.717, 1.165) is 25.1 Å². The highest BCUT2D eigenvalue weighted by molar-refractivity contribution is 5.94. The molecule has 3 N–H and O–H groups in total. The molecule has 118 valence electrons. The molecule has 0 spiro atoms. The molecule has 0 bridgehead atoms. The van der Waals surface area contributed by atoms with E-state index in [1.165, 1.54) is 32.4 Å². The Bertz CT molecular complexity index is 416. The van der Waals surface area contributed by atoms with E-state index in [1.54, 1.807) is 0 Å². The average molecular weight is 312 g/mol. The fourth-order valence-electron chi connectivity index (χ4n) is 2.58. The number of halogens is 1. The zero-order valence-corrected chi connectivity index (χ0v) is 13.3. The van der Waals surface area contributed by atoms with Crippen molar-refractivity contribution in [3.63, 3.8) is 0 Å². The standard InChI is InChI=1S/C16H25N3O.ClH/c17-13-14-5-7-15(8-6-14)16(20)18-9-4-12-19-10-2-1-3-11-19;/h5-8H,1-4,9-13,17H2,(H,18,20);1H. The SMILES string of the molecule is Cl.NCc1ccc(C(=O)NCCCN2CCCCC2)cc1. The van der Waals surface area contributed by atoms with E-state index in [-0.39, 0.29) is 18.3 Å². The Morgan fingerprint density at radius 3 is 2.43 bits per heavy atom. The second-order valence-electron chi connectivity index (χ2n) is 5.41. The molecule has 1 amide bonds. The van der Waals surface area contributed by atoms with Crippen LogP contribution in [0.2, 0.25) is 0 Å². The van der Waals surface area contributed by atoms with Crippen LogP contribution in [0.1, 0.15) is 41.6 Å². The quantitative estimate of drug-likeness (QED) is 0.792. The summed E-state index contributed by atoms with van der Waals surface area (Å²) in [6.45, 7) is 4.78. The Kier molecular flexibility index (Phi) is 8.35. The first-order chi connectivity index (χ1) is 9.79. The average Bonchev–Trinajstić information content (AvgIpc) is 2.52. The molecule has 0 radical (unpaired) electrons. The number of piperidine rings is 1. The summed E-state index contributed by atoms with van der Waals surface area (Å²) in [5.74, 6) is 0.00668. The number of likely N-dealkylation sites (tertiary alicyclic amines) is 1. The smallest absolute Gasteiger partial charge is 0.251 e. The summed E-state index contributed by atoms with van der Waals surface area (Å²) in [7, 11) is 0. The monoisotopic (exact) mass is 311 g/mol. The minimum Gasteiger partial charge on any atom is -0.352 e. The largest absolute Gasteiger partial charge is 0.352 e. The summed E-state index contributed by atoms with van der Waals surface area (Å²) >= 11 is 0. The van der Waals surface area contributed by atoms with Crippen molar-refractivity contribution in [2.45, 2.75) is 32.2 Å². The molecule has 1 aliphatic heterocycles. The lowest BCUT2D eigenvalue weighted by molar-refractivity contribution is 0.0951. The van der Waals surface area contributed by atoms with Gasteiger partial charge in [0.15, 0.2) is 0 Å². The molecule has 1 aromatic carbocycles. The molecular formula is C16H26ClN3O. The molecule has 1 heterocycles. The van der Waals surface area contributed by atoms with Gasteiger partial charge in [0.2, 0.25) is 0 Å². The molecule has 4 nitrogen and oxygen atoms in total. The minimum atomic E-state index is 0. The van der Waals surface area contributed by atoms with Gasteiger partial charge in [0, 0.05) is 18.7 Å². The minimum absolute atomic E-state index is 0. The number of nitrogens with two attached hydrogens (primary N) is 1. The molecule has 1 fully saturated rings. The number of nitrogens with zero attached hydrogens (tertiary/aromatic N) is 1. The molecule has 0 aromatic heterocycles. The summed E-state index contributed by atoms with van der Waals surface area (Å²) < 4.78 is 0. The number of hydrogen-bond acceptors (Lipinski definition) is 3. The van der Waals surface area contributed by atoms with Crippen molar-refractivity contribution in [3.05, 3.63) is 35.4 Å². The van der Waals surface area contributed by atoms with Crippen molar-refractivity contribution < 1.29 is 4.79 Å². The Morgan fingerprint density at radius 1 is 1.14 bits per heavy atom. The summed E-state index contributed by atoms with van der Waals surface area (Å²) in [5, 5.41) is 2.98. The lowest BCUT2D eigenvalue weighted by atomic mass is 10.1. The van der Waals surface area contributed by atoms with Gasteiger partial charge in [-0.25, -0.2) is 0 Å². The van der Waals surface area contributed by atoms with Gasteiger partial charge in [-0.1, -0.05) is 18.6 Å². The number of carbonyl (C=O) groups is 1. The molecule has 0 saturated carbocycles. The normalized spacial score (nSPS) is 15.3. The van der Waals surface area contributed by atoms with E-state index < -0.39 is 0 Å². The molecule has 1 aliphatic rings. The fraction of sp³-hybridized carbons (Fsp3) is 0.562. The maximum atomic E-state index is 11.9. The molecule has 0 aliphatic carbocycles. The van der Waals surface area contributed by atoms with Gasteiger partial charge in [-0.2, -0.15) is 0 Å². The van der Waals surface area contributed by atoms with Crippen molar-refractivity contribution in [1.82, 2.24) is 10.2 Å². The highest BCUT2D eigenvalue weighted by Gasteiger charge is 2.09. The Hall–Kier alpha value is -1.10. The molecule has 21 heavy (non-hydrogen) atoms. The van der Waals surface area contributed by atoms with Crippen LogP contribution in [-0.2, 0) is 6.54 Å². The van der Waals surface area contributed by atoms with Gasteiger partial charge < -0.3 is 16.0 Å². The zero-order valence-electron chi connectivity index (χ0n) is 12.5. The maximum Gasteiger partial charge on any atom is 0.251 e. The van der Waals surface area contributed by atoms with Crippen LogP contribution < -0.4 is 11.1 Å². The highest BCUT2D eigenvalue weighted by Crippen LogP contribution is 2.08. The number of hydrogen-bond donors (Lipinski definition) is 2. The second-order valence-corrected chi connectivity index (χ2v) is 5.41. The van der Waals surface area contributed by atoms with Crippen LogP contribution >= 0.6 is 12.4 Å². The maximum absolute atomic E-state index is 11.9. The van der Waals surface area contributed by atoms with E-state index >= 15 is 0 Å². The molecule has 0 atom stereocenters. The van der Waals surface area contributed by atoms with Crippen LogP contribution in [0, 0.1) is 0 Å². The summed E-state index contributed by atoms with van der Waals surface area (Å²) in [4.78, 5) is 14.4. The van der Waals surface area contributed by atoms with Crippen LogP contribution in [-0.4, -0.2) is 37.0 Å². The van der Waals surface area contributed by atoms with Gasteiger partial charge in [0.05, 0.1) is 0 Å². The van der Waals surface area contributed by atoms with Gasteiger partial charge >= 0.3 is 0 Å². The Morgan fingerprint density at radius 2 is 1.81 bits per heavy atom. The van der Waals surface area contributed by atoms with Crippen LogP contribution in [0.3, 0.4) is 0 Å². The molecule has 0 unspecified atom stereocenters. The van der Waals surface area contributed by atoms with Crippen LogP contribution in [0.5, 0.6) is 0 Å². The highest BCUT2D eigenvalue weighted by atomic mass is 35.5. The van der Waals surface area contributed by atoms with Gasteiger partial charge in [-0.3, -0.25) is 4.79 Å².